The molecule has 3 nitrogen and oxygen atoms in total. The number of hydrogen-bond acceptors (Lipinski definition) is 2. The fraction of sp³-hybridized carbons (Fsp3) is 0.385. The third-order valence-corrected chi connectivity index (χ3v) is 3.09. The van der Waals surface area contributed by atoms with Crippen molar-refractivity contribution < 1.29 is 13.2 Å². The first-order valence-electron chi connectivity index (χ1n) is 5.97. The number of aromatic amines is 1. The van der Waals surface area contributed by atoms with Gasteiger partial charge in [-0.25, -0.2) is 0 Å². The van der Waals surface area contributed by atoms with E-state index >= 15 is 0 Å². The number of aromatic nitrogens is 3. The van der Waals surface area contributed by atoms with E-state index in [9.17, 15) is 13.2 Å². The van der Waals surface area contributed by atoms with Gasteiger partial charge in [0.15, 0.2) is 10.6 Å². The zero-order valence-electron chi connectivity index (χ0n) is 11.2. The van der Waals surface area contributed by atoms with Crippen molar-refractivity contribution in [3.05, 3.63) is 34.6 Å². The second-order valence-electron chi connectivity index (χ2n) is 5.40. The summed E-state index contributed by atoms with van der Waals surface area (Å²) in [6.45, 7) is 5.58. The average molecular weight is 301 g/mol. The predicted octanol–water partition coefficient (Wildman–Crippen LogP) is 4.38. The fourth-order valence-corrected chi connectivity index (χ4v) is 2.43. The van der Waals surface area contributed by atoms with Crippen LogP contribution >= 0.6 is 12.2 Å². The summed E-state index contributed by atoms with van der Waals surface area (Å²) in [5, 5.41) is 6.54. The quantitative estimate of drug-likeness (QED) is 0.793. The molecule has 20 heavy (non-hydrogen) atoms. The maximum absolute atomic E-state index is 13.1. The van der Waals surface area contributed by atoms with Crippen LogP contribution in [0.4, 0.5) is 13.2 Å². The van der Waals surface area contributed by atoms with Gasteiger partial charge in [0.25, 0.3) is 0 Å². The van der Waals surface area contributed by atoms with Gasteiger partial charge in [-0.1, -0.05) is 18.2 Å². The van der Waals surface area contributed by atoms with Crippen LogP contribution < -0.4 is 0 Å². The molecule has 0 aliphatic rings. The van der Waals surface area contributed by atoms with Crippen LogP contribution in [-0.4, -0.2) is 14.8 Å². The molecule has 1 aromatic heterocycles. The van der Waals surface area contributed by atoms with Gasteiger partial charge in [-0.2, -0.15) is 18.3 Å². The topological polar surface area (TPSA) is 33.6 Å². The van der Waals surface area contributed by atoms with Gasteiger partial charge in [0.1, 0.15) is 0 Å². The van der Waals surface area contributed by atoms with Gasteiger partial charge in [-0.15, -0.1) is 0 Å². The normalized spacial score (nSPS) is 12.7. The molecule has 1 heterocycles. The molecule has 7 heteroatoms. The van der Waals surface area contributed by atoms with E-state index in [1.807, 2.05) is 20.8 Å². The molecule has 0 fully saturated rings. The third-order valence-electron chi connectivity index (χ3n) is 2.82. The lowest BCUT2D eigenvalue weighted by Crippen LogP contribution is -2.23. The predicted molar refractivity (Wildman–Crippen MR) is 72.8 cm³/mol. The van der Waals surface area contributed by atoms with Crippen LogP contribution in [0, 0.1) is 4.77 Å². The maximum Gasteiger partial charge on any atom is 0.417 e. The number of nitrogens with one attached hydrogen (secondary N) is 1. The minimum atomic E-state index is -4.44. The van der Waals surface area contributed by atoms with Crippen molar-refractivity contribution in [3.8, 4) is 11.4 Å². The van der Waals surface area contributed by atoms with Crippen LogP contribution in [0.5, 0.6) is 0 Å². The summed E-state index contributed by atoms with van der Waals surface area (Å²) in [6.07, 6.45) is -4.44. The first kappa shape index (κ1) is 14.8. The molecule has 2 rings (SSSR count). The molecule has 1 N–H and O–H groups in total. The van der Waals surface area contributed by atoms with E-state index in [0.717, 1.165) is 6.07 Å². The monoisotopic (exact) mass is 301 g/mol. The number of H-pyrrole nitrogens is 1. The molecule has 0 saturated carbocycles. The van der Waals surface area contributed by atoms with Crippen molar-refractivity contribution in [1.29, 1.82) is 0 Å². The highest BCUT2D eigenvalue weighted by atomic mass is 32.1. The Morgan fingerprint density at radius 2 is 1.75 bits per heavy atom. The number of halogens is 3. The van der Waals surface area contributed by atoms with E-state index in [4.69, 9.17) is 12.2 Å². The summed E-state index contributed by atoms with van der Waals surface area (Å²) >= 11 is 5.12. The standard InChI is InChI=1S/C13H14F3N3S/c1-12(2,3)19-10(17-18-11(19)20)8-6-4-5-7-9(8)13(14,15)16/h4-7H,1-3H3,(H,18,20). The van der Waals surface area contributed by atoms with E-state index in [2.05, 4.69) is 10.2 Å². The third kappa shape index (κ3) is 2.63. The lowest BCUT2D eigenvalue weighted by atomic mass is 10.0. The number of benzene rings is 1. The van der Waals surface area contributed by atoms with Crippen LogP contribution in [0.1, 0.15) is 26.3 Å². The van der Waals surface area contributed by atoms with Gasteiger partial charge in [0.05, 0.1) is 5.56 Å². The molecule has 0 saturated heterocycles. The van der Waals surface area contributed by atoms with E-state index in [1.54, 1.807) is 10.6 Å². The maximum atomic E-state index is 13.1. The van der Waals surface area contributed by atoms with Gasteiger partial charge in [-0.3, -0.25) is 9.67 Å². The lowest BCUT2D eigenvalue weighted by Gasteiger charge is -2.23. The van der Waals surface area contributed by atoms with E-state index in [0.29, 0.717) is 4.77 Å². The highest BCUT2D eigenvalue weighted by Gasteiger charge is 2.35. The Hall–Kier alpha value is -1.63. The average Bonchev–Trinajstić information content (AvgIpc) is 2.69. The first-order valence-corrected chi connectivity index (χ1v) is 6.37. The molecule has 0 unspecified atom stereocenters. The van der Waals surface area contributed by atoms with Crippen LogP contribution in [0.2, 0.25) is 0 Å². The SMILES string of the molecule is CC(C)(C)n1c(-c2ccccc2C(F)(F)F)n[nH]c1=S. The van der Waals surface area contributed by atoms with Crippen molar-refractivity contribution in [2.75, 3.05) is 0 Å². The van der Waals surface area contributed by atoms with Crippen molar-refractivity contribution in [1.82, 2.24) is 14.8 Å². The van der Waals surface area contributed by atoms with Gasteiger partial charge in [0.2, 0.25) is 0 Å². The van der Waals surface area contributed by atoms with Crippen LogP contribution in [-0.2, 0) is 11.7 Å². The van der Waals surface area contributed by atoms with E-state index < -0.39 is 17.3 Å². The molecule has 0 radical (unpaired) electrons. The van der Waals surface area contributed by atoms with Crippen molar-refractivity contribution in [2.24, 2.45) is 0 Å². The Labute approximate surface area is 119 Å². The summed E-state index contributed by atoms with van der Waals surface area (Å²) in [6, 6.07) is 5.35. The largest absolute Gasteiger partial charge is 0.417 e. The summed E-state index contributed by atoms with van der Waals surface area (Å²) in [4.78, 5) is 0. The number of rotatable bonds is 1. The Bertz CT molecular complexity index is 677. The second-order valence-corrected chi connectivity index (χ2v) is 5.79. The molecular weight excluding hydrogens is 287 g/mol. The lowest BCUT2D eigenvalue weighted by molar-refractivity contribution is -0.137. The van der Waals surface area contributed by atoms with Gasteiger partial charge < -0.3 is 0 Å². The number of alkyl halides is 3. The summed E-state index contributed by atoms with van der Waals surface area (Å²) in [5.74, 6) is 0.190. The van der Waals surface area contributed by atoms with E-state index in [-0.39, 0.29) is 11.4 Å². The molecule has 0 aliphatic carbocycles. The van der Waals surface area contributed by atoms with Crippen LogP contribution in [0.25, 0.3) is 11.4 Å². The molecule has 0 aliphatic heterocycles. The zero-order valence-corrected chi connectivity index (χ0v) is 12.1. The van der Waals surface area contributed by atoms with Crippen LogP contribution in [0.3, 0.4) is 0 Å². The van der Waals surface area contributed by atoms with Gasteiger partial charge in [-0.05, 0) is 39.1 Å². The Morgan fingerprint density at radius 1 is 1.15 bits per heavy atom. The van der Waals surface area contributed by atoms with Gasteiger partial charge >= 0.3 is 6.18 Å². The molecule has 108 valence electrons. The highest BCUT2D eigenvalue weighted by molar-refractivity contribution is 7.71. The second kappa shape index (κ2) is 4.73. The van der Waals surface area contributed by atoms with Crippen LogP contribution in [0.15, 0.2) is 24.3 Å². The van der Waals surface area contributed by atoms with Crippen molar-refractivity contribution in [3.63, 3.8) is 0 Å². The number of hydrogen-bond donors (Lipinski definition) is 1. The molecule has 0 spiro atoms. The van der Waals surface area contributed by atoms with Gasteiger partial charge in [0, 0.05) is 11.1 Å². The smallest absolute Gasteiger partial charge is 0.295 e. The highest BCUT2D eigenvalue weighted by Crippen LogP contribution is 2.37. The van der Waals surface area contributed by atoms with E-state index in [1.165, 1.54) is 12.1 Å². The molecule has 2 aromatic rings. The van der Waals surface area contributed by atoms with Crippen molar-refractivity contribution >= 4 is 12.2 Å². The summed E-state index contributed by atoms with van der Waals surface area (Å²) < 4.78 is 41.2. The molecular formula is C13H14F3N3S. The molecule has 1 aromatic carbocycles. The van der Waals surface area contributed by atoms with Crippen molar-refractivity contribution in [2.45, 2.75) is 32.5 Å². The molecule has 0 atom stereocenters. The molecule has 0 bridgehead atoms. The Morgan fingerprint density at radius 3 is 2.30 bits per heavy atom. The summed E-state index contributed by atoms with van der Waals surface area (Å²) in [7, 11) is 0. The first-order chi connectivity index (χ1) is 9.12. The zero-order chi connectivity index (χ0) is 15.1. The minimum absolute atomic E-state index is 0.0160. The fourth-order valence-electron chi connectivity index (χ4n) is 2.03. The Balaban J connectivity index is 2.75. The minimum Gasteiger partial charge on any atom is -0.295 e. The molecule has 0 amide bonds. The Kier molecular flexibility index (Phi) is 3.49. The number of nitrogens with zero attached hydrogens (tertiary/aromatic N) is 2. The summed E-state index contributed by atoms with van der Waals surface area (Å²) in [5.41, 5.74) is -1.18.